The Morgan fingerprint density at radius 3 is 2.83 bits per heavy atom. The van der Waals surface area contributed by atoms with Gasteiger partial charge in [0.1, 0.15) is 12.4 Å². The molecule has 7 nitrogen and oxygen atoms in total. The number of halogens is 2. The van der Waals surface area contributed by atoms with Crippen molar-refractivity contribution in [2.24, 2.45) is 0 Å². The molecule has 0 radical (unpaired) electrons. The second-order valence-corrected chi connectivity index (χ2v) is 6.95. The summed E-state index contributed by atoms with van der Waals surface area (Å²) < 4.78 is 31.7. The van der Waals surface area contributed by atoms with Crippen molar-refractivity contribution < 1.29 is 23.4 Å². The van der Waals surface area contributed by atoms with E-state index in [0.717, 1.165) is 22.0 Å². The molecule has 0 aliphatic carbocycles. The third kappa shape index (κ3) is 5.10. The van der Waals surface area contributed by atoms with E-state index in [4.69, 9.17) is 9.84 Å². The molecule has 2 aromatic heterocycles. The lowest BCUT2D eigenvalue weighted by atomic mass is 10.1. The largest absolute Gasteiger partial charge is 0.487 e. The predicted molar refractivity (Wildman–Crippen MR) is 108 cm³/mol. The van der Waals surface area contributed by atoms with Gasteiger partial charge in [-0.25, -0.2) is 8.78 Å². The molecule has 0 aliphatic rings. The van der Waals surface area contributed by atoms with Gasteiger partial charge in [-0.05, 0) is 37.1 Å². The summed E-state index contributed by atoms with van der Waals surface area (Å²) in [7, 11) is 0. The molecule has 9 heteroatoms. The first-order valence-corrected chi connectivity index (χ1v) is 9.61. The summed E-state index contributed by atoms with van der Waals surface area (Å²) in [6.45, 7) is 3.22. The summed E-state index contributed by atoms with van der Waals surface area (Å²) in [6.07, 6.45) is 1.02. The lowest BCUT2D eigenvalue weighted by molar-refractivity contribution is -0.120. The van der Waals surface area contributed by atoms with Gasteiger partial charge < -0.3 is 15.2 Å². The molecule has 1 amide bonds. The van der Waals surface area contributed by atoms with E-state index in [1.165, 1.54) is 0 Å². The highest BCUT2D eigenvalue weighted by Gasteiger charge is 2.16. The molecule has 0 saturated heterocycles. The molecule has 1 aromatic carbocycles. The smallest absolute Gasteiger partial charge is 0.272 e. The van der Waals surface area contributed by atoms with E-state index in [-0.39, 0.29) is 31.5 Å². The van der Waals surface area contributed by atoms with Crippen molar-refractivity contribution in [3.63, 3.8) is 0 Å². The van der Waals surface area contributed by atoms with Crippen molar-refractivity contribution in [3.8, 4) is 5.75 Å². The number of carbonyl (C=O) groups excluding carboxylic acids is 1. The Balaban J connectivity index is 1.82. The molecule has 2 N–H and O–H groups in total. The maximum Gasteiger partial charge on any atom is 0.272 e. The van der Waals surface area contributed by atoms with Crippen LogP contribution in [0.25, 0.3) is 10.9 Å². The number of aliphatic hydroxyl groups excluding tert-OH is 1. The third-order valence-electron chi connectivity index (χ3n) is 4.74. The summed E-state index contributed by atoms with van der Waals surface area (Å²) in [5, 5.41) is 16.8. The number of aromatic nitrogens is 3. The highest BCUT2D eigenvalue weighted by molar-refractivity contribution is 5.86. The number of rotatable bonds is 9. The van der Waals surface area contributed by atoms with Crippen molar-refractivity contribution in [3.05, 3.63) is 53.5 Å². The number of alkyl halides is 2. The van der Waals surface area contributed by atoms with Gasteiger partial charge in [-0.15, -0.1) is 0 Å². The fourth-order valence-electron chi connectivity index (χ4n) is 3.17. The summed E-state index contributed by atoms with van der Waals surface area (Å²) in [5.41, 5.74) is 3.03. The zero-order valence-electron chi connectivity index (χ0n) is 16.8. The number of hydrogen-bond donors (Lipinski definition) is 2. The molecule has 0 saturated carbocycles. The van der Waals surface area contributed by atoms with Gasteiger partial charge in [-0.3, -0.25) is 14.5 Å². The van der Waals surface area contributed by atoms with Crippen LogP contribution < -0.4 is 10.1 Å². The van der Waals surface area contributed by atoms with Crippen LogP contribution in [0, 0.1) is 6.92 Å². The molecular weight excluding hydrogens is 394 g/mol. The van der Waals surface area contributed by atoms with Gasteiger partial charge in [0.05, 0.1) is 30.3 Å². The normalized spacial score (nSPS) is 12.3. The van der Waals surface area contributed by atoms with Crippen LogP contribution in [0.5, 0.6) is 5.75 Å². The van der Waals surface area contributed by atoms with Crippen LogP contribution in [0.3, 0.4) is 0 Å². The molecule has 3 aromatic rings. The van der Waals surface area contributed by atoms with Crippen LogP contribution in [0.1, 0.15) is 29.8 Å². The first-order valence-electron chi connectivity index (χ1n) is 9.61. The molecule has 0 fully saturated rings. The highest BCUT2D eigenvalue weighted by atomic mass is 19.3. The van der Waals surface area contributed by atoms with Crippen LogP contribution in [0.15, 0.2) is 36.7 Å². The minimum Gasteiger partial charge on any atom is -0.487 e. The van der Waals surface area contributed by atoms with Crippen molar-refractivity contribution in [2.75, 3.05) is 19.8 Å². The van der Waals surface area contributed by atoms with Gasteiger partial charge in [-0.1, -0.05) is 12.1 Å². The minimum absolute atomic E-state index is 0.0900. The van der Waals surface area contributed by atoms with E-state index in [2.05, 4.69) is 15.4 Å². The molecule has 160 valence electrons. The maximum atomic E-state index is 12.4. The van der Waals surface area contributed by atoms with E-state index >= 15 is 0 Å². The van der Waals surface area contributed by atoms with Gasteiger partial charge >= 0.3 is 0 Å². The Morgan fingerprint density at radius 1 is 1.33 bits per heavy atom. The molecule has 30 heavy (non-hydrogen) atoms. The van der Waals surface area contributed by atoms with Crippen LogP contribution in [-0.4, -0.2) is 52.0 Å². The second-order valence-electron chi connectivity index (χ2n) is 6.95. The monoisotopic (exact) mass is 418 g/mol. The number of nitrogens with one attached hydrogen (secondary N) is 1. The summed E-state index contributed by atoms with van der Waals surface area (Å²) >= 11 is 0. The molecular formula is C21H24F2N4O3. The number of aryl methyl sites for hydroxylation is 1. The van der Waals surface area contributed by atoms with E-state index in [1.54, 1.807) is 23.0 Å². The van der Waals surface area contributed by atoms with Crippen molar-refractivity contribution in [2.45, 2.75) is 32.7 Å². The zero-order chi connectivity index (χ0) is 21.7. The first-order chi connectivity index (χ1) is 14.4. The molecule has 3 rings (SSSR count). The Kier molecular flexibility index (Phi) is 6.94. The lowest BCUT2D eigenvalue weighted by Crippen LogP contribution is -2.28. The number of ether oxygens (including phenoxy) is 1. The van der Waals surface area contributed by atoms with Crippen LogP contribution >= 0.6 is 0 Å². The van der Waals surface area contributed by atoms with Crippen molar-refractivity contribution in [1.82, 2.24) is 20.1 Å². The third-order valence-corrected chi connectivity index (χ3v) is 4.74. The number of pyridine rings is 1. The molecule has 2 heterocycles. The van der Waals surface area contributed by atoms with E-state index in [1.807, 2.05) is 32.2 Å². The number of benzene rings is 1. The van der Waals surface area contributed by atoms with Gasteiger partial charge in [0.25, 0.3) is 6.43 Å². The van der Waals surface area contributed by atoms with E-state index < -0.39 is 13.0 Å². The average molecular weight is 418 g/mol. The number of aliphatic hydroxyl groups is 1. The number of fused-ring (bicyclic) bond motifs is 1. The van der Waals surface area contributed by atoms with E-state index in [0.29, 0.717) is 11.4 Å². The molecule has 1 atom stereocenters. The fraction of sp³-hybridized carbons (Fsp3) is 0.381. The number of hydrogen-bond acceptors (Lipinski definition) is 5. The average Bonchev–Trinajstić information content (AvgIpc) is 3.16. The predicted octanol–water partition coefficient (Wildman–Crippen LogP) is 2.64. The summed E-state index contributed by atoms with van der Waals surface area (Å²) in [4.78, 5) is 16.3. The van der Waals surface area contributed by atoms with Crippen LogP contribution in [0.4, 0.5) is 8.78 Å². The SMILES string of the molecule is Cc1cc(C(C)n2cc3c(CC(=O)NCCO)nccc3n2)ccc1OCC(F)F. The number of nitrogens with zero attached hydrogens (tertiary/aromatic N) is 3. The van der Waals surface area contributed by atoms with Gasteiger partial charge in [-0.2, -0.15) is 5.10 Å². The Hall–Kier alpha value is -3.07. The summed E-state index contributed by atoms with van der Waals surface area (Å²) in [6, 6.07) is 7.05. The lowest BCUT2D eigenvalue weighted by Gasteiger charge is -2.15. The first kappa shape index (κ1) is 21.6. The Bertz CT molecular complexity index is 1020. The van der Waals surface area contributed by atoms with Crippen LogP contribution in [0.2, 0.25) is 0 Å². The Morgan fingerprint density at radius 2 is 2.13 bits per heavy atom. The quantitative estimate of drug-likeness (QED) is 0.558. The van der Waals surface area contributed by atoms with Crippen molar-refractivity contribution in [1.29, 1.82) is 0 Å². The van der Waals surface area contributed by atoms with Gasteiger partial charge in [0.2, 0.25) is 5.91 Å². The van der Waals surface area contributed by atoms with Crippen molar-refractivity contribution >= 4 is 16.8 Å². The number of carbonyl (C=O) groups is 1. The fourth-order valence-corrected chi connectivity index (χ4v) is 3.17. The second kappa shape index (κ2) is 9.62. The molecule has 0 spiro atoms. The zero-order valence-corrected chi connectivity index (χ0v) is 16.8. The van der Waals surface area contributed by atoms with E-state index in [9.17, 15) is 13.6 Å². The summed E-state index contributed by atoms with van der Waals surface area (Å²) in [5.74, 6) is 0.206. The standard InChI is InChI=1S/C21H24F2N4O3/c1-13-9-15(3-4-19(13)30-12-20(22)23)14(2)27-11-16-17(26-27)5-6-24-18(16)10-21(29)25-7-8-28/h3-6,9,11,14,20,28H,7-8,10,12H2,1-2H3,(H,25,29). The molecule has 0 bridgehead atoms. The molecule has 1 unspecified atom stereocenters. The van der Waals surface area contributed by atoms with Gasteiger partial charge in [0, 0.05) is 24.3 Å². The molecule has 0 aliphatic heterocycles. The minimum atomic E-state index is -2.52. The highest BCUT2D eigenvalue weighted by Crippen LogP contribution is 2.27. The number of amides is 1. The topological polar surface area (TPSA) is 89.3 Å². The Labute approximate surface area is 172 Å². The van der Waals surface area contributed by atoms with Crippen LogP contribution in [-0.2, 0) is 11.2 Å². The maximum absolute atomic E-state index is 12.4. The van der Waals surface area contributed by atoms with Gasteiger partial charge in [0.15, 0.2) is 0 Å².